The third-order valence-electron chi connectivity index (χ3n) is 2.83. The number of hydrogen-bond acceptors (Lipinski definition) is 4. The van der Waals surface area contributed by atoms with Crippen LogP contribution >= 0.6 is 0 Å². The molecule has 1 unspecified atom stereocenters. The van der Waals surface area contributed by atoms with Crippen LogP contribution in [-0.2, 0) is 9.59 Å². The zero-order valence-electron chi connectivity index (χ0n) is 11.6. The van der Waals surface area contributed by atoms with E-state index in [1.165, 1.54) is 6.20 Å². The monoisotopic (exact) mass is 288 g/mol. The first-order chi connectivity index (χ1) is 10.0. The van der Waals surface area contributed by atoms with Gasteiger partial charge in [-0.2, -0.15) is 5.10 Å². The van der Waals surface area contributed by atoms with Gasteiger partial charge in [0.2, 0.25) is 5.91 Å². The molecule has 0 aliphatic carbocycles. The number of nitrogens with zero attached hydrogens (tertiary/aromatic N) is 3. The van der Waals surface area contributed by atoms with Crippen LogP contribution in [0.2, 0.25) is 0 Å². The first-order valence-electron chi connectivity index (χ1n) is 6.52. The Kier molecular flexibility index (Phi) is 4.65. The molecule has 0 fully saturated rings. The van der Waals surface area contributed by atoms with E-state index in [4.69, 9.17) is 5.11 Å². The van der Waals surface area contributed by atoms with Gasteiger partial charge in [-0.15, -0.1) is 0 Å². The fourth-order valence-electron chi connectivity index (χ4n) is 1.90. The van der Waals surface area contributed by atoms with E-state index in [0.717, 1.165) is 0 Å². The molecule has 2 aromatic rings. The standard InChI is InChI=1S/C14H16N4O3/c1-10(8-14(20)21)7-13(19)17-11-3-4-12(15-9-11)18-6-2-5-16-18/h2-6,9-10H,7-8H2,1H3,(H,17,19)(H,20,21). The number of carboxylic acids is 1. The van der Waals surface area contributed by atoms with E-state index in [2.05, 4.69) is 15.4 Å². The van der Waals surface area contributed by atoms with Crippen molar-refractivity contribution in [2.45, 2.75) is 19.8 Å². The Hall–Kier alpha value is -2.70. The lowest BCUT2D eigenvalue weighted by Gasteiger charge is -2.09. The van der Waals surface area contributed by atoms with Crippen molar-refractivity contribution in [3.05, 3.63) is 36.8 Å². The molecule has 110 valence electrons. The van der Waals surface area contributed by atoms with Crippen molar-refractivity contribution >= 4 is 17.6 Å². The fraction of sp³-hybridized carbons (Fsp3) is 0.286. The van der Waals surface area contributed by atoms with Crippen LogP contribution in [0.25, 0.3) is 5.82 Å². The lowest BCUT2D eigenvalue weighted by Crippen LogP contribution is -2.17. The predicted octanol–water partition coefficient (Wildman–Crippen LogP) is 1.71. The molecule has 0 saturated heterocycles. The number of rotatable bonds is 6. The van der Waals surface area contributed by atoms with E-state index >= 15 is 0 Å². The van der Waals surface area contributed by atoms with Gasteiger partial charge in [0.05, 0.1) is 11.9 Å². The Morgan fingerprint density at radius 3 is 2.76 bits per heavy atom. The maximum absolute atomic E-state index is 11.8. The average molecular weight is 288 g/mol. The molecule has 1 amide bonds. The normalized spacial score (nSPS) is 11.9. The predicted molar refractivity (Wildman–Crippen MR) is 76.0 cm³/mol. The van der Waals surface area contributed by atoms with Crippen LogP contribution in [0.4, 0.5) is 5.69 Å². The molecule has 7 heteroatoms. The number of nitrogens with one attached hydrogen (secondary N) is 1. The van der Waals surface area contributed by atoms with Gasteiger partial charge in [0.25, 0.3) is 0 Å². The summed E-state index contributed by atoms with van der Waals surface area (Å²) in [6.45, 7) is 1.73. The molecule has 7 nitrogen and oxygen atoms in total. The van der Waals surface area contributed by atoms with Gasteiger partial charge in [0.15, 0.2) is 5.82 Å². The van der Waals surface area contributed by atoms with Crippen LogP contribution in [0.15, 0.2) is 36.8 Å². The van der Waals surface area contributed by atoms with Crippen molar-refractivity contribution in [1.29, 1.82) is 0 Å². The summed E-state index contributed by atoms with van der Waals surface area (Å²) in [5, 5.41) is 15.4. The average Bonchev–Trinajstić information content (AvgIpc) is 2.92. The highest BCUT2D eigenvalue weighted by Crippen LogP contribution is 2.12. The van der Waals surface area contributed by atoms with Gasteiger partial charge in [-0.25, -0.2) is 9.67 Å². The van der Waals surface area contributed by atoms with Crippen molar-refractivity contribution in [2.75, 3.05) is 5.32 Å². The largest absolute Gasteiger partial charge is 0.481 e. The van der Waals surface area contributed by atoms with E-state index in [-0.39, 0.29) is 24.7 Å². The quantitative estimate of drug-likeness (QED) is 0.843. The molecule has 0 bridgehead atoms. The van der Waals surface area contributed by atoms with Gasteiger partial charge in [-0.05, 0) is 24.1 Å². The highest BCUT2D eigenvalue weighted by Gasteiger charge is 2.12. The summed E-state index contributed by atoms with van der Waals surface area (Å²) in [7, 11) is 0. The molecule has 0 spiro atoms. The molecule has 2 rings (SSSR count). The van der Waals surface area contributed by atoms with Crippen molar-refractivity contribution in [1.82, 2.24) is 14.8 Å². The van der Waals surface area contributed by atoms with Crippen molar-refractivity contribution < 1.29 is 14.7 Å². The molecule has 0 radical (unpaired) electrons. The first-order valence-corrected chi connectivity index (χ1v) is 6.52. The highest BCUT2D eigenvalue weighted by molar-refractivity contribution is 5.90. The van der Waals surface area contributed by atoms with Crippen LogP contribution in [0.5, 0.6) is 0 Å². The Bertz CT molecular complexity index is 608. The second-order valence-electron chi connectivity index (χ2n) is 4.81. The molecule has 2 aromatic heterocycles. The smallest absolute Gasteiger partial charge is 0.303 e. The maximum atomic E-state index is 11.8. The second-order valence-corrected chi connectivity index (χ2v) is 4.81. The number of aliphatic carboxylic acids is 1. The molecule has 0 aromatic carbocycles. The molecule has 0 aliphatic heterocycles. The first kappa shape index (κ1) is 14.7. The Balaban J connectivity index is 1.91. The van der Waals surface area contributed by atoms with Gasteiger partial charge < -0.3 is 10.4 Å². The Labute approximate surface area is 121 Å². The summed E-state index contributed by atoms with van der Waals surface area (Å²) in [5.74, 6) is -0.686. The number of carboxylic acid groups (broad SMARTS) is 1. The number of aromatic nitrogens is 3. The van der Waals surface area contributed by atoms with Gasteiger partial charge in [-0.1, -0.05) is 6.92 Å². The van der Waals surface area contributed by atoms with Gasteiger partial charge in [-0.3, -0.25) is 9.59 Å². The third-order valence-corrected chi connectivity index (χ3v) is 2.83. The van der Waals surface area contributed by atoms with Gasteiger partial charge >= 0.3 is 5.97 Å². The maximum Gasteiger partial charge on any atom is 0.303 e. The van der Waals surface area contributed by atoms with E-state index in [1.54, 1.807) is 42.2 Å². The van der Waals surface area contributed by atoms with Crippen molar-refractivity contribution in [2.24, 2.45) is 5.92 Å². The van der Waals surface area contributed by atoms with Crippen LogP contribution in [0.3, 0.4) is 0 Å². The van der Waals surface area contributed by atoms with Crippen LogP contribution in [0, 0.1) is 5.92 Å². The van der Waals surface area contributed by atoms with E-state index in [1.807, 2.05) is 0 Å². The molecule has 21 heavy (non-hydrogen) atoms. The van der Waals surface area contributed by atoms with Crippen molar-refractivity contribution in [3.63, 3.8) is 0 Å². The number of hydrogen-bond donors (Lipinski definition) is 2. The van der Waals surface area contributed by atoms with Crippen LogP contribution in [-0.4, -0.2) is 31.7 Å². The van der Waals surface area contributed by atoms with Crippen molar-refractivity contribution in [3.8, 4) is 5.82 Å². The topological polar surface area (TPSA) is 97.1 Å². The molecular formula is C14H16N4O3. The Morgan fingerprint density at radius 2 is 2.19 bits per heavy atom. The zero-order valence-corrected chi connectivity index (χ0v) is 11.6. The summed E-state index contributed by atoms with van der Waals surface area (Å²) < 4.78 is 1.61. The highest BCUT2D eigenvalue weighted by atomic mass is 16.4. The lowest BCUT2D eigenvalue weighted by molar-refractivity contribution is -0.138. The van der Waals surface area contributed by atoms with E-state index < -0.39 is 5.97 Å². The minimum absolute atomic E-state index is 0.0239. The van der Waals surface area contributed by atoms with E-state index in [0.29, 0.717) is 11.5 Å². The number of carbonyl (C=O) groups is 2. The van der Waals surface area contributed by atoms with E-state index in [9.17, 15) is 9.59 Å². The van der Waals surface area contributed by atoms with Crippen LogP contribution < -0.4 is 5.32 Å². The number of anilines is 1. The Morgan fingerprint density at radius 1 is 1.38 bits per heavy atom. The summed E-state index contributed by atoms with van der Waals surface area (Å²) in [4.78, 5) is 26.5. The summed E-state index contributed by atoms with van der Waals surface area (Å²) in [5.41, 5.74) is 0.568. The summed E-state index contributed by atoms with van der Waals surface area (Å²) in [6.07, 6.45) is 5.10. The minimum atomic E-state index is -0.902. The summed E-state index contributed by atoms with van der Waals surface area (Å²) >= 11 is 0. The molecule has 2 heterocycles. The number of amides is 1. The molecule has 2 N–H and O–H groups in total. The summed E-state index contributed by atoms with van der Waals surface area (Å²) in [6, 6.07) is 5.26. The molecular weight excluding hydrogens is 272 g/mol. The molecule has 0 aliphatic rings. The van der Waals surface area contributed by atoms with Crippen LogP contribution in [0.1, 0.15) is 19.8 Å². The zero-order chi connectivity index (χ0) is 15.2. The number of carbonyl (C=O) groups excluding carboxylic acids is 1. The lowest BCUT2D eigenvalue weighted by atomic mass is 10.0. The SMILES string of the molecule is CC(CC(=O)O)CC(=O)Nc1ccc(-n2cccn2)nc1. The minimum Gasteiger partial charge on any atom is -0.481 e. The fourth-order valence-corrected chi connectivity index (χ4v) is 1.90. The molecule has 0 saturated carbocycles. The third kappa shape index (κ3) is 4.41. The van der Waals surface area contributed by atoms with Gasteiger partial charge in [0, 0.05) is 25.2 Å². The number of pyridine rings is 1. The second kappa shape index (κ2) is 6.65. The molecule has 1 atom stereocenters. The van der Waals surface area contributed by atoms with Gasteiger partial charge in [0.1, 0.15) is 0 Å².